The number of rotatable bonds is 2. The quantitative estimate of drug-likeness (QED) is 0.675. The van der Waals surface area contributed by atoms with E-state index in [1.807, 2.05) is 6.92 Å². The zero-order chi connectivity index (χ0) is 11.8. The summed E-state index contributed by atoms with van der Waals surface area (Å²) in [5.41, 5.74) is 2.20. The van der Waals surface area contributed by atoms with Gasteiger partial charge in [-0.15, -0.1) is 0 Å². The normalized spacial score (nSPS) is 32.2. The van der Waals surface area contributed by atoms with Crippen molar-refractivity contribution in [2.45, 2.75) is 38.3 Å². The van der Waals surface area contributed by atoms with Crippen molar-refractivity contribution >= 4 is 5.91 Å². The Morgan fingerprint density at radius 2 is 2.18 bits per heavy atom. The van der Waals surface area contributed by atoms with Gasteiger partial charge in [0.2, 0.25) is 5.91 Å². The van der Waals surface area contributed by atoms with E-state index in [1.54, 1.807) is 0 Å². The molecule has 1 amide bonds. The monoisotopic (exact) mass is 235 g/mol. The van der Waals surface area contributed by atoms with Gasteiger partial charge in [0.1, 0.15) is 0 Å². The molecule has 3 fully saturated rings. The van der Waals surface area contributed by atoms with Gasteiger partial charge in [-0.2, -0.15) is 0 Å². The maximum Gasteiger partial charge on any atom is 0.247 e. The van der Waals surface area contributed by atoms with Crippen LogP contribution in [0.1, 0.15) is 26.2 Å². The van der Waals surface area contributed by atoms with E-state index in [0.717, 1.165) is 31.6 Å². The molecular weight excluding hydrogens is 214 g/mol. The predicted molar refractivity (Wildman–Crippen MR) is 66.7 cm³/mol. The second kappa shape index (κ2) is 4.42. The molecule has 17 heavy (non-hydrogen) atoms. The number of fused-ring (bicyclic) bond motifs is 1. The van der Waals surface area contributed by atoms with Crippen LogP contribution in [0.25, 0.3) is 0 Å². The molecule has 0 saturated carbocycles. The molecule has 94 valence electrons. The molecule has 0 aromatic carbocycles. The lowest BCUT2D eigenvalue weighted by Crippen LogP contribution is -2.44. The van der Waals surface area contributed by atoms with Crippen molar-refractivity contribution in [2.24, 2.45) is 0 Å². The van der Waals surface area contributed by atoms with Crippen LogP contribution >= 0.6 is 0 Å². The van der Waals surface area contributed by atoms with Gasteiger partial charge in [-0.1, -0.05) is 0 Å². The van der Waals surface area contributed by atoms with E-state index in [-0.39, 0.29) is 5.91 Å². The van der Waals surface area contributed by atoms with Gasteiger partial charge in [-0.25, -0.2) is 0 Å². The van der Waals surface area contributed by atoms with Crippen molar-refractivity contribution in [2.75, 3.05) is 26.2 Å². The minimum atomic E-state index is 0.153. The molecular formula is C13H21N3O. The highest BCUT2D eigenvalue weighted by atomic mass is 16.1. The van der Waals surface area contributed by atoms with Gasteiger partial charge in [-0.05, 0) is 38.3 Å². The number of hydrogen-bond acceptors (Lipinski definition) is 3. The van der Waals surface area contributed by atoms with Gasteiger partial charge in [0.25, 0.3) is 0 Å². The lowest BCUT2D eigenvalue weighted by Gasteiger charge is -2.24. The molecule has 2 atom stereocenters. The highest BCUT2D eigenvalue weighted by Gasteiger charge is 2.38. The smallest absolute Gasteiger partial charge is 0.247 e. The number of hydrogen-bond donors (Lipinski definition) is 2. The van der Waals surface area contributed by atoms with Crippen molar-refractivity contribution < 1.29 is 4.79 Å². The van der Waals surface area contributed by atoms with Gasteiger partial charge in [0.05, 0.1) is 0 Å². The minimum Gasteiger partial charge on any atom is -0.348 e. The van der Waals surface area contributed by atoms with Crippen LogP contribution in [0.2, 0.25) is 0 Å². The SMILES string of the molecule is CC(C(=O)NC1CCN2CCCC12)=C1CNC1. The van der Waals surface area contributed by atoms with E-state index in [4.69, 9.17) is 0 Å². The molecule has 0 spiro atoms. The summed E-state index contributed by atoms with van der Waals surface area (Å²) in [5.74, 6) is 0.153. The van der Waals surface area contributed by atoms with E-state index in [9.17, 15) is 4.79 Å². The molecule has 0 aromatic rings. The first kappa shape index (κ1) is 11.2. The number of nitrogens with zero attached hydrogens (tertiary/aromatic N) is 1. The number of carbonyl (C=O) groups is 1. The van der Waals surface area contributed by atoms with E-state index in [2.05, 4.69) is 15.5 Å². The molecule has 2 N–H and O–H groups in total. The molecule has 3 aliphatic rings. The number of carbonyl (C=O) groups excluding carboxylic acids is 1. The maximum atomic E-state index is 12.1. The average molecular weight is 235 g/mol. The van der Waals surface area contributed by atoms with Crippen LogP contribution in [0, 0.1) is 0 Å². The highest BCUT2D eigenvalue weighted by Crippen LogP contribution is 2.28. The lowest BCUT2D eigenvalue weighted by atomic mass is 10.0. The van der Waals surface area contributed by atoms with Crippen LogP contribution in [0.3, 0.4) is 0 Å². The molecule has 0 radical (unpaired) electrons. The predicted octanol–water partition coefficient (Wildman–Crippen LogP) is 0.259. The van der Waals surface area contributed by atoms with Crippen molar-refractivity contribution in [3.8, 4) is 0 Å². The van der Waals surface area contributed by atoms with Crippen LogP contribution in [0.15, 0.2) is 11.1 Å². The van der Waals surface area contributed by atoms with E-state index in [0.29, 0.717) is 12.1 Å². The molecule has 4 nitrogen and oxygen atoms in total. The molecule has 3 rings (SSSR count). The maximum absolute atomic E-state index is 12.1. The molecule has 3 saturated heterocycles. The Labute approximate surface area is 102 Å². The van der Waals surface area contributed by atoms with Gasteiger partial charge >= 0.3 is 0 Å². The molecule has 0 aliphatic carbocycles. The largest absolute Gasteiger partial charge is 0.348 e. The van der Waals surface area contributed by atoms with Crippen molar-refractivity contribution in [3.63, 3.8) is 0 Å². The fourth-order valence-electron chi connectivity index (χ4n) is 3.20. The van der Waals surface area contributed by atoms with Crippen molar-refractivity contribution in [3.05, 3.63) is 11.1 Å². The first-order chi connectivity index (χ1) is 8.25. The van der Waals surface area contributed by atoms with Crippen LogP contribution in [0.4, 0.5) is 0 Å². The van der Waals surface area contributed by atoms with Crippen LogP contribution < -0.4 is 10.6 Å². The van der Waals surface area contributed by atoms with Crippen LogP contribution in [-0.4, -0.2) is 49.1 Å². The lowest BCUT2D eigenvalue weighted by molar-refractivity contribution is -0.118. The average Bonchev–Trinajstić information content (AvgIpc) is 2.79. The summed E-state index contributed by atoms with van der Waals surface area (Å²) in [7, 11) is 0. The Hall–Kier alpha value is -0.870. The Balaban J connectivity index is 1.61. The third kappa shape index (κ3) is 2.00. The van der Waals surface area contributed by atoms with Gasteiger partial charge in [0.15, 0.2) is 0 Å². The minimum absolute atomic E-state index is 0.153. The molecule has 4 heteroatoms. The van der Waals surface area contributed by atoms with Gasteiger partial charge in [-0.3, -0.25) is 9.69 Å². The first-order valence-electron chi connectivity index (χ1n) is 6.70. The first-order valence-corrected chi connectivity index (χ1v) is 6.70. The molecule has 0 bridgehead atoms. The van der Waals surface area contributed by atoms with Gasteiger partial charge in [0, 0.05) is 37.3 Å². The van der Waals surface area contributed by atoms with Crippen LogP contribution in [-0.2, 0) is 4.79 Å². The van der Waals surface area contributed by atoms with Crippen molar-refractivity contribution in [1.29, 1.82) is 0 Å². The van der Waals surface area contributed by atoms with E-state index in [1.165, 1.54) is 25.0 Å². The molecule has 3 aliphatic heterocycles. The van der Waals surface area contributed by atoms with Gasteiger partial charge < -0.3 is 10.6 Å². The fraction of sp³-hybridized carbons (Fsp3) is 0.769. The number of nitrogens with one attached hydrogen (secondary N) is 2. The summed E-state index contributed by atoms with van der Waals surface area (Å²) < 4.78 is 0. The third-order valence-corrected chi connectivity index (χ3v) is 4.47. The van der Waals surface area contributed by atoms with E-state index >= 15 is 0 Å². The second-order valence-corrected chi connectivity index (χ2v) is 5.45. The zero-order valence-electron chi connectivity index (χ0n) is 10.5. The standard InChI is InChI=1S/C13H21N3O/c1-9(10-7-14-8-10)13(17)15-11-4-6-16-5-2-3-12(11)16/h11-12,14H,2-8H2,1H3,(H,15,17). The third-order valence-electron chi connectivity index (χ3n) is 4.47. The molecule has 0 aromatic heterocycles. The zero-order valence-corrected chi connectivity index (χ0v) is 10.5. The summed E-state index contributed by atoms with van der Waals surface area (Å²) in [6.45, 7) is 6.11. The fourth-order valence-corrected chi connectivity index (χ4v) is 3.20. The molecule has 2 unspecified atom stereocenters. The number of amides is 1. The summed E-state index contributed by atoms with van der Waals surface area (Å²) >= 11 is 0. The summed E-state index contributed by atoms with van der Waals surface area (Å²) in [6, 6.07) is 0.991. The van der Waals surface area contributed by atoms with Crippen LogP contribution in [0.5, 0.6) is 0 Å². The topological polar surface area (TPSA) is 44.4 Å². The summed E-state index contributed by atoms with van der Waals surface area (Å²) in [5, 5.41) is 6.41. The van der Waals surface area contributed by atoms with Crippen molar-refractivity contribution in [1.82, 2.24) is 15.5 Å². The van der Waals surface area contributed by atoms with E-state index < -0.39 is 0 Å². The summed E-state index contributed by atoms with van der Waals surface area (Å²) in [6.07, 6.45) is 3.67. The Morgan fingerprint density at radius 3 is 2.88 bits per heavy atom. The highest BCUT2D eigenvalue weighted by molar-refractivity contribution is 5.94. The Kier molecular flexibility index (Phi) is 2.92. The summed E-state index contributed by atoms with van der Waals surface area (Å²) in [4.78, 5) is 14.6. The second-order valence-electron chi connectivity index (χ2n) is 5.45. The Morgan fingerprint density at radius 1 is 1.35 bits per heavy atom. The molecule has 3 heterocycles. The Bertz CT molecular complexity index is 358.